The summed E-state index contributed by atoms with van der Waals surface area (Å²) in [5, 5.41) is 0. The molecule has 1 unspecified atom stereocenters. The van der Waals surface area contributed by atoms with Gasteiger partial charge in [0.15, 0.2) is 17.3 Å². The highest BCUT2D eigenvalue weighted by molar-refractivity contribution is 5.98. The van der Waals surface area contributed by atoms with Crippen molar-refractivity contribution in [2.24, 2.45) is 0 Å². The van der Waals surface area contributed by atoms with Crippen LogP contribution in [0.5, 0.6) is 17.2 Å². The number of esters is 1. The quantitative estimate of drug-likeness (QED) is 0.187. The first-order chi connectivity index (χ1) is 18.9. The molecule has 0 bridgehead atoms. The summed E-state index contributed by atoms with van der Waals surface area (Å²) >= 11 is 0. The van der Waals surface area contributed by atoms with E-state index in [1.807, 2.05) is 43.3 Å². The van der Waals surface area contributed by atoms with Crippen molar-refractivity contribution in [3.63, 3.8) is 0 Å². The Labute approximate surface area is 229 Å². The number of carbonyl (C=O) groups excluding carboxylic acids is 2. The molecule has 0 spiro atoms. The van der Waals surface area contributed by atoms with E-state index in [9.17, 15) is 9.59 Å². The lowest BCUT2D eigenvalue weighted by atomic mass is 9.92. The molecule has 7 nitrogen and oxygen atoms in total. The lowest BCUT2D eigenvalue weighted by Crippen LogP contribution is -2.35. The number of hydrogen-bond acceptors (Lipinski definition) is 7. The Morgan fingerprint density at radius 2 is 1.74 bits per heavy atom. The molecule has 1 saturated heterocycles. The zero-order chi connectivity index (χ0) is 27.6. The van der Waals surface area contributed by atoms with E-state index >= 15 is 0 Å². The zero-order valence-electron chi connectivity index (χ0n) is 22.7. The lowest BCUT2D eigenvalue weighted by molar-refractivity contribution is -0.132. The molecule has 0 saturated carbocycles. The summed E-state index contributed by atoms with van der Waals surface area (Å²) in [5.41, 5.74) is 3.85. The summed E-state index contributed by atoms with van der Waals surface area (Å²) in [6.07, 6.45) is 3.26. The fraction of sp³-hybridized carbons (Fsp3) is 0.312. The Kier molecular flexibility index (Phi) is 9.89. The zero-order valence-corrected chi connectivity index (χ0v) is 22.7. The van der Waals surface area contributed by atoms with Crippen LogP contribution in [0.15, 0.2) is 72.8 Å². The Balaban J connectivity index is 1.38. The van der Waals surface area contributed by atoms with Crippen molar-refractivity contribution < 1.29 is 28.5 Å². The highest BCUT2D eigenvalue weighted by atomic mass is 16.6. The van der Waals surface area contributed by atoms with Gasteiger partial charge in [-0.3, -0.25) is 14.5 Å². The molecule has 1 atom stereocenters. The maximum Gasteiger partial charge on any atom is 0.308 e. The van der Waals surface area contributed by atoms with E-state index in [2.05, 4.69) is 17.0 Å². The third-order valence-corrected chi connectivity index (χ3v) is 6.66. The number of rotatable bonds is 11. The van der Waals surface area contributed by atoms with E-state index in [1.54, 1.807) is 30.4 Å². The van der Waals surface area contributed by atoms with Crippen LogP contribution in [0.1, 0.15) is 42.0 Å². The Morgan fingerprint density at radius 3 is 2.46 bits per heavy atom. The van der Waals surface area contributed by atoms with Crippen molar-refractivity contribution in [3.8, 4) is 17.2 Å². The average Bonchev–Trinajstić information content (AvgIpc) is 2.95. The van der Waals surface area contributed by atoms with Gasteiger partial charge in [-0.1, -0.05) is 55.5 Å². The second kappa shape index (κ2) is 13.7. The molecule has 7 heteroatoms. The first kappa shape index (κ1) is 28.1. The van der Waals surface area contributed by atoms with E-state index in [0.717, 1.165) is 55.3 Å². The number of morpholine rings is 1. The smallest absolute Gasteiger partial charge is 0.308 e. The number of hydrogen-bond donors (Lipinski definition) is 0. The molecule has 0 amide bonds. The normalized spacial score (nSPS) is 14.6. The average molecular weight is 530 g/mol. The van der Waals surface area contributed by atoms with Crippen LogP contribution in [0.25, 0.3) is 6.08 Å². The van der Waals surface area contributed by atoms with Gasteiger partial charge < -0.3 is 18.9 Å². The van der Waals surface area contributed by atoms with Gasteiger partial charge in [0.1, 0.15) is 12.4 Å². The summed E-state index contributed by atoms with van der Waals surface area (Å²) in [5.74, 6) is 0.703. The van der Waals surface area contributed by atoms with Crippen molar-refractivity contribution in [1.29, 1.82) is 0 Å². The number of allylic oxidation sites excluding steroid dienone is 1. The highest BCUT2D eigenvalue weighted by Gasteiger charge is 2.17. The highest BCUT2D eigenvalue weighted by Crippen LogP contribution is 2.29. The molecule has 39 heavy (non-hydrogen) atoms. The Morgan fingerprint density at radius 1 is 1.00 bits per heavy atom. The van der Waals surface area contributed by atoms with Crippen molar-refractivity contribution >= 4 is 17.8 Å². The SMILES string of the molecule is COc1ccc(/C=C/C(=O)C(C)c2ccccc2COc2ccc(CN3CCOCC3)cc2)cc1OC(C)=O. The summed E-state index contributed by atoms with van der Waals surface area (Å²) in [6.45, 7) is 7.98. The van der Waals surface area contributed by atoms with Crippen molar-refractivity contribution in [2.75, 3.05) is 33.4 Å². The van der Waals surface area contributed by atoms with E-state index in [4.69, 9.17) is 18.9 Å². The van der Waals surface area contributed by atoms with Gasteiger partial charge in [-0.15, -0.1) is 0 Å². The largest absolute Gasteiger partial charge is 0.493 e. The second-order valence-corrected chi connectivity index (χ2v) is 9.48. The maximum absolute atomic E-state index is 13.1. The van der Waals surface area contributed by atoms with E-state index in [0.29, 0.717) is 18.1 Å². The molecule has 1 heterocycles. The molecule has 4 rings (SSSR count). The van der Waals surface area contributed by atoms with Gasteiger partial charge in [-0.05, 0) is 52.6 Å². The number of methoxy groups -OCH3 is 1. The Bertz CT molecular complexity index is 1290. The second-order valence-electron chi connectivity index (χ2n) is 9.48. The fourth-order valence-electron chi connectivity index (χ4n) is 4.47. The molecule has 1 aliphatic rings. The van der Waals surface area contributed by atoms with Gasteiger partial charge in [-0.25, -0.2) is 0 Å². The fourth-order valence-corrected chi connectivity index (χ4v) is 4.47. The van der Waals surface area contributed by atoms with Gasteiger partial charge in [0.2, 0.25) is 0 Å². The maximum atomic E-state index is 13.1. The lowest BCUT2D eigenvalue weighted by Gasteiger charge is -2.26. The van der Waals surface area contributed by atoms with Crippen molar-refractivity contribution in [3.05, 3.63) is 95.1 Å². The number of ketones is 1. The van der Waals surface area contributed by atoms with Crippen LogP contribution in [-0.4, -0.2) is 50.1 Å². The van der Waals surface area contributed by atoms with E-state index in [-0.39, 0.29) is 11.7 Å². The molecular weight excluding hydrogens is 494 g/mol. The Hall–Kier alpha value is -3.94. The number of benzene rings is 3. The first-order valence-corrected chi connectivity index (χ1v) is 13.1. The van der Waals surface area contributed by atoms with E-state index < -0.39 is 5.97 Å². The summed E-state index contributed by atoms with van der Waals surface area (Å²) in [6, 6.07) is 21.2. The molecule has 204 valence electrons. The summed E-state index contributed by atoms with van der Waals surface area (Å²) in [7, 11) is 1.51. The standard InChI is InChI=1S/C32H35NO6/c1-23(30(35)14-10-25-11-15-31(36-3)32(20-25)39-24(2)34)29-7-5-4-6-27(29)22-38-28-12-8-26(9-13-28)21-33-16-18-37-19-17-33/h4-15,20,23H,16-19,21-22H2,1-3H3/b14-10+. The van der Waals surface area contributed by atoms with Crippen molar-refractivity contribution in [2.45, 2.75) is 32.9 Å². The minimum absolute atomic E-state index is 0.0419. The first-order valence-electron chi connectivity index (χ1n) is 13.1. The summed E-state index contributed by atoms with van der Waals surface area (Å²) in [4.78, 5) is 26.9. The molecular formula is C32H35NO6. The van der Waals surface area contributed by atoms with Gasteiger partial charge in [0, 0.05) is 32.5 Å². The molecule has 0 aromatic heterocycles. The minimum atomic E-state index is -0.443. The predicted molar refractivity (Wildman–Crippen MR) is 150 cm³/mol. The van der Waals surface area contributed by atoms with Crippen LogP contribution in [0, 0.1) is 0 Å². The molecule has 1 fully saturated rings. The van der Waals surface area contributed by atoms with Gasteiger partial charge in [0.25, 0.3) is 0 Å². The molecule has 0 N–H and O–H groups in total. The van der Waals surface area contributed by atoms with Crippen molar-refractivity contribution in [1.82, 2.24) is 4.90 Å². The van der Waals surface area contributed by atoms with Gasteiger partial charge in [0.05, 0.1) is 20.3 Å². The van der Waals surface area contributed by atoms with E-state index in [1.165, 1.54) is 19.6 Å². The van der Waals surface area contributed by atoms with Gasteiger partial charge >= 0.3 is 5.97 Å². The molecule has 1 aliphatic heterocycles. The topological polar surface area (TPSA) is 74.3 Å². The van der Waals surface area contributed by atoms with Crippen LogP contribution in [0.3, 0.4) is 0 Å². The third kappa shape index (κ3) is 8.02. The molecule has 0 aliphatic carbocycles. The van der Waals surface area contributed by atoms with Gasteiger partial charge in [-0.2, -0.15) is 0 Å². The van der Waals surface area contributed by atoms with Crippen LogP contribution < -0.4 is 14.2 Å². The minimum Gasteiger partial charge on any atom is -0.493 e. The predicted octanol–water partition coefficient (Wildman–Crippen LogP) is 5.42. The van der Waals surface area contributed by atoms with Crippen LogP contribution in [0.2, 0.25) is 0 Å². The number of nitrogens with zero attached hydrogens (tertiary/aromatic N) is 1. The number of carbonyl (C=O) groups is 2. The van der Waals surface area contributed by atoms with Crippen LogP contribution >= 0.6 is 0 Å². The monoisotopic (exact) mass is 529 g/mol. The molecule has 3 aromatic carbocycles. The van der Waals surface area contributed by atoms with Crippen LogP contribution in [0.4, 0.5) is 0 Å². The third-order valence-electron chi connectivity index (χ3n) is 6.66. The molecule has 0 radical (unpaired) electrons. The number of ether oxygens (including phenoxy) is 4. The summed E-state index contributed by atoms with van der Waals surface area (Å²) < 4.78 is 22.0. The molecule has 3 aromatic rings. The van der Waals surface area contributed by atoms with Crippen LogP contribution in [-0.2, 0) is 27.5 Å².